The van der Waals surface area contributed by atoms with Crippen molar-refractivity contribution in [3.05, 3.63) is 53.0 Å². The quantitative estimate of drug-likeness (QED) is 0.672. The molecule has 1 amide bonds. The Labute approximate surface area is 161 Å². The van der Waals surface area contributed by atoms with E-state index < -0.39 is 0 Å². The van der Waals surface area contributed by atoms with Crippen LogP contribution in [0.4, 0.5) is 5.69 Å². The maximum Gasteiger partial charge on any atom is 0.279 e. The van der Waals surface area contributed by atoms with Gasteiger partial charge in [-0.1, -0.05) is 27.7 Å². The van der Waals surface area contributed by atoms with Crippen LogP contribution in [0, 0.1) is 0 Å². The number of carbonyl (C=O) groups excluding carboxylic acids is 1. The van der Waals surface area contributed by atoms with Crippen molar-refractivity contribution in [2.24, 2.45) is 0 Å². The van der Waals surface area contributed by atoms with Gasteiger partial charge in [0.25, 0.3) is 5.91 Å². The van der Waals surface area contributed by atoms with Gasteiger partial charge in [0.05, 0.1) is 7.05 Å². The van der Waals surface area contributed by atoms with Gasteiger partial charge in [0.2, 0.25) is 0 Å². The first-order valence-corrected chi connectivity index (χ1v) is 10.2. The van der Waals surface area contributed by atoms with Crippen molar-refractivity contribution in [1.29, 1.82) is 0 Å². The SMILES string of the molecule is C[NH+]1CC[NH+](CC(=O)Nc2ccc(Sc3ccc(Br)cc3)cc2)CC1. The number of benzene rings is 2. The standard InChI is InChI=1S/C19H22BrN3OS/c1-22-10-12-23(13-11-22)14-19(24)21-16-4-8-18(9-5-16)25-17-6-2-15(20)3-7-17/h2-9H,10-14H2,1H3,(H,21,24)/p+2. The smallest absolute Gasteiger partial charge is 0.279 e. The lowest BCUT2D eigenvalue weighted by Crippen LogP contribution is -3.27. The van der Waals surface area contributed by atoms with E-state index in [0.29, 0.717) is 6.54 Å². The van der Waals surface area contributed by atoms with Gasteiger partial charge in [-0.05, 0) is 48.5 Å². The van der Waals surface area contributed by atoms with Crippen LogP contribution in [0.2, 0.25) is 0 Å². The number of piperazine rings is 1. The topological polar surface area (TPSA) is 38.0 Å². The third kappa shape index (κ3) is 5.85. The molecule has 0 aromatic heterocycles. The van der Waals surface area contributed by atoms with Crippen molar-refractivity contribution in [2.45, 2.75) is 9.79 Å². The molecular weight excluding hydrogens is 398 g/mol. The molecule has 1 saturated heterocycles. The molecule has 1 heterocycles. The Morgan fingerprint density at radius 3 is 2.16 bits per heavy atom. The van der Waals surface area contributed by atoms with Crippen molar-refractivity contribution >= 4 is 39.3 Å². The third-order valence-electron chi connectivity index (χ3n) is 4.41. The summed E-state index contributed by atoms with van der Waals surface area (Å²) in [5, 5.41) is 3.02. The number of hydrogen-bond donors (Lipinski definition) is 3. The van der Waals surface area contributed by atoms with E-state index in [2.05, 4.69) is 40.4 Å². The van der Waals surface area contributed by atoms with Crippen molar-refractivity contribution < 1.29 is 14.6 Å². The third-order valence-corrected chi connectivity index (χ3v) is 5.95. The molecule has 4 nitrogen and oxygen atoms in total. The van der Waals surface area contributed by atoms with E-state index >= 15 is 0 Å². The van der Waals surface area contributed by atoms with Crippen LogP contribution in [0.15, 0.2) is 62.8 Å². The summed E-state index contributed by atoms with van der Waals surface area (Å²) in [5.41, 5.74) is 0.865. The van der Waals surface area contributed by atoms with E-state index in [0.717, 1.165) is 41.2 Å². The fourth-order valence-electron chi connectivity index (χ4n) is 2.88. The average Bonchev–Trinajstić information content (AvgIpc) is 2.61. The van der Waals surface area contributed by atoms with Gasteiger partial charge in [0.1, 0.15) is 26.2 Å². The van der Waals surface area contributed by atoms with Gasteiger partial charge in [-0.2, -0.15) is 0 Å². The van der Waals surface area contributed by atoms with E-state index in [4.69, 9.17) is 0 Å². The number of halogens is 1. The molecule has 1 fully saturated rings. The summed E-state index contributed by atoms with van der Waals surface area (Å²) in [6, 6.07) is 16.3. The highest BCUT2D eigenvalue weighted by Crippen LogP contribution is 2.29. The lowest BCUT2D eigenvalue weighted by atomic mass is 10.3. The van der Waals surface area contributed by atoms with Crippen molar-refractivity contribution in [3.8, 4) is 0 Å². The minimum absolute atomic E-state index is 0.0999. The lowest BCUT2D eigenvalue weighted by Gasteiger charge is -2.26. The van der Waals surface area contributed by atoms with Crippen molar-refractivity contribution in [3.63, 3.8) is 0 Å². The van der Waals surface area contributed by atoms with Crippen molar-refractivity contribution in [2.75, 3.05) is 45.1 Å². The van der Waals surface area contributed by atoms with Crippen LogP contribution >= 0.6 is 27.7 Å². The first kappa shape index (κ1) is 18.5. The minimum Gasteiger partial charge on any atom is -0.328 e. The zero-order valence-electron chi connectivity index (χ0n) is 14.3. The van der Waals surface area contributed by atoms with E-state index in [1.54, 1.807) is 16.7 Å². The molecule has 25 heavy (non-hydrogen) atoms. The molecule has 0 radical (unpaired) electrons. The number of quaternary nitrogens is 2. The van der Waals surface area contributed by atoms with Crippen molar-refractivity contribution in [1.82, 2.24) is 0 Å². The molecule has 3 N–H and O–H groups in total. The van der Waals surface area contributed by atoms with E-state index in [-0.39, 0.29) is 5.91 Å². The molecule has 1 aliphatic heterocycles. The second-order valence-electron chi connectivity index (χ2n) is 6.51. The number of rotatable bonds is 5. The first-order valence-electron chi connectivity index (χ1n) is 8.57. The molecule has 1 aliphatic rings. The Kier molecular flexibility index (Phi) is 6.53. The molecule has 0 spiro atoms. The largest absolute Gasteiger partial charge is 0.328 e. The van der Waals surface area contributed by atoms with Gasteiger partial charge in [0.15, 0.2) is 6.54 Å². The summed E-state index contributed by atoms with van der Waals surface area (Å²) in [5.74, 6) is 0.0999. The Hall–Kier alpha value is -1.34. The van der Waals surface area contributed by atoms with Gasteiger partial charge in [-0.15, -0.1) is 0 Å². The van der Waals surface area contributed by atoms with Crippen LogP contribution in [0.5, 0.6) is 0 Å². The van der Waals surface area contributed by atoms with Crippen LogP contribution in [-0.4, -0.2) is 45.7 Å². The highest BCUT2D eigenvalue weighted by molar-refractivity contribution is 9.10. The second kappa shape index (κ2) is 8.85. The maximum atomic E-state index is 12.2. The van der Waals surface area contributed by atoms with Crippen LogP contribution in [0.25, 0.3) is 0 Å². The van der Waals surface area contributed by atoms with Gasteiger partial charge >= 0.3 is 0 Å². The number of likely N-dealkylation sites (N-methyl/N-ethyl adjacent to an activating group) is 1. The fourth-order valence-corrected chi connectivity index (χ4v) is 3.97. The first-order chi connectivity index (χ1) is 12.1. The number of hydrogen-bond acceptors (Lipinski definition) is 2. The number of nitrogens with one attached hydrogen (secondary N) is 3. The second-order valence-corrected chi connectivity index (χ2v) is 8.58. The Morgan fingerprint density at radius 1 is 1.00 bits per heavy atom. The highest BCUT2D eigenvalue weighted by Gasteiger charge is 2.22. The van der Waals surface area contributed by atoms with E-state index in [1.165, 1.54) is 9.80 Å². The highest BCUT2D eigenvalue weighted by atomic mass is 79.9. The molecule has 0 bridgehead atoms. The van der Waals surface area contributed by atoms with Crippen LogP contribution in [-0.2, 0) is 4.79 Å². The predicted molar refractivity (Wildman–Crippen MR) is 106 cm³/mol. The fraction of sp³-hybridized carbons (Fsp3) is 0.316. The summed E-state index contributed by atoms with van der Waals surface area (Å²) >= 11 is 5.16. The number of amides is 1. The molecule has 3 rings (SSSR count). The Balaban J connectivity index is 1.50. The molecule has 0 saturated carbocycles. The maximum absolute atomic E-state index is 12.2. The van der Waals surface area contributed by atoms with Gasteiger partial charge in [0, 0.05) is 20.0 Å². The van der Waals surface area contributed by atoms with Gasteiger partial charge in [-0.25, -0.2) is 0 Å². The van der Waals surface area contributed by atoms with Gasteiger partial charge in [-0.3, -0.25) is 4.79 Å². The van der Waals surface area contributed by atoms with E-state index in [9.17, 15) is 4.79 Å². The lowest BCUT2D eigenvalue weighted by molar-refractivity contribution is -0.999. The summed E-state index contributed by atoms with van der Waals surface area (Å²) in [4.78, 5) is 17.5. The molecule has 2 aromatic carbocycles. The van der Waals surface area contributed by atoms with Crippen LogP contribution in [0.1, 0.15) is 0 Å². The average molecular weight is 422 g/mol. The normalized spacial score (nSPS) is 20.2. The molecule has 6 heteroatoms. The molecule has 0 aliphatic carbocycles. The minimum atomic E-state index is 0.0999. The van der Waals surface area contributed by atoms with Crippen LogP contribution in [0.3, 0.4) is 0 Å². The monoisotopic (exact) mass is 421 g/mol. The Bertz CT molecular complexity index is 698. The van der Waals surface area contributed by atoms with Crippen LogP contribution < -0.4 is 15.1 Å². The van der Waals surface area contributed by atoms with Gasteiger partial charge < -0.3 is 15.1 Å². The zero-order chi connectivity index (χ0) is 17.6. The molecule has 2 aromatic rings. The molecule has 0 unspecified atom stereocenters. The number of anilines is 1. The predicted octanol–water partition coefficient (Wildman–Crippen LogP) is 0.952. The van der Waals surface area contributed by atoms with E-state index in [1.807, 2.05) is 36.4 Å². The Morgan fingerprint density at radius 2 is 1.56 bits per heavy atom. The molecule has 0 atom stereocenters. The zero-order valence-corrected chi connectivity index (χ0v) is 16.8. The number of carbonyl (C=O) groups is 1. The summed E-state index contributed by atoms with van der Waals surface area (Å²) < 4.78 is 1.08. The summed E-state index contributed by atoms with van der Waals surface area (Å²) in [6.45, 7) is 4.99. The molecule has 132 valence electrons. The summed E-state index contributed by atoms with van der Waals surface area (Å²) in [6.07, 6.45) is 0. The summed E-state index contributed by atoms with van der Waals surface area (Å²) in [7, 11) is 2.21. The molecular formula is C19H24BrN3OS+2.